The molecule has 0 aliphatic rings. The summed E-state index contributed by atoms with van der Waals surface area (Å²) in [5.41, 5.74) is -0.539. The fraction of sp³-hybridized carbons (Fsp3) is 0. The van der Waals surface area contributed by atoms with Gasteiger partial charge < -0.3 is 0 Å². The van der Waals surface area contributed by atoms with E-state index >= 15 is 0 Å². The van der Waals surface area contributed by atoms with Crippen LogP contribution in [0.4, 0.5) is 0 Å². The molecule has 0 unspecified atom stereocenters. The van der Waals surface area contributed by atoms with Crippen molar-refractivity contribution >= 4 is 11.6 Å². The first-order chi connectivity index (χ1) is 6.61. The average Bonchev–Trinajstić information content (AvgIpc) is 2.21. The standard InChI is InChI=1S/C10H5ClO2/c11-7-3-1-6(2-4-7)8-5-9(12)10(8)13/h1-5H/i5D. The van der Waals surface area contributed by atoms with Crippen LogP contribution in [-0.4, -0.2) is 0 Å². The number of hydrogen-bond acceptors (Lipinski definition) is 2. The second kappa shape index (κ2) is 2.82. The lowest BCUT2D eigenvalue weighted by Gasteiger charge is -2.00. The van der Waals surface area contributed by atoms with E-state index in [4.69, 9.17) is 13.0 Å². The summed E-state index contributed by atoms with van der Waals surface area (Å²) in [6, 6.07) is 6.27. The fourth-order valence-corrected chi connectivity index (χ4v) is 1.22. The lowest BCUT2D eigenvalue weighted by atomic mass is 10.0. The Labute approximate surface area is 80.5 Å². The van der Waals surface area contributed by atoms with Crippen LogP contribution in [0, 0.1) is 0 Å². The van der Waals surface area contributed by atoms with Gasteiger partial charge in [-0.25, -0.2) is 0 Å². The number of rotatable bonds is 1. The lowest BCUT2D eigenvalue weighted by molar-refractivity contribution is 1.41. The largest absolute Gasteiger partial charge is 0.286 e. The second-order valence-corrected chi connectivity index (χ2v) is 3.10. The van der Waals surface area contributed by atoms with E-state index in [1.165, 1.54) is 0 Å². The molecule has 0 N–H and O–H groups in total. The molecular weight excluding hydrogens is 188 g/mol. The molecule has 0 aliphatic heterocycles. The predicted molar refractivity (Wildman–Crippen MR) is 51.8 cm³/mol. The Morgan fingerprint density at radius 2 is 1.77 bits per heavy atom. The second-order valence-electron chi connectivity index (χ2n) is 2.67. The zero-order valence-corrected chi connectivity index (χ0v) is 7.26. The average molecular weight is 194 g/mol. The van der Waals surface area contributed by atoms with Gasteiger partial charge in [0.25, 0.3) is 0 Å². The van der Waals surface area contributed by atoms with Crippen molar-refractivity contribution in [3.8, 4) is 11.1 Å². The topological polar surface area (TPSA) is 34.1 Å². The first kappa shape index (κ1) is 7.04. The minimum atomic E-state index is -0.713. The Hall–Kier alpha value is -1.41. The first-order valence-corrected chi connectivity index (χ1v) is 4.05. The molecule has 0 atom stereocenters. The van der Waals surface area contributed by atoms with Gasteiger partial charge in [-0.15, -0.1) is 0 Å². The molecule has 0 saturated carbocycles. The Balaban J connectivity index is 2.58. The summed E-state index contributed by atoms with van der Waals surface area (Å²) in [5, 5.41) is 0.555. The Morgan fingerprint density at radius 1 is 1.15 bits per heavy atom. The number of halogens is 1. The molecule has 2 aromatic carbocycles. The maximum absolute atomic E-state index is 11.1. The van der Waals surface area contributed by atoms with E-state index in [9.17, 15) is 9.59 Å². The van der Waals surface area contributed by atoms with Gasteiger partial charge in [0.05, 0.1) is 1.37 Å². The van der Waals surface area contributed by atoms with Crippen LogP contribution in [-0.2, 0) is 0 Å². The Morgan fingerprint density at radius 3 is 2.31 bits per heavy atom. The summed E-state index contributed by atoms with van der Waals surface area (Å²) in [5.74, 6) is 0. The van der Waals surface area contributed by atoms with Crippen LogP contribution >= 0.6 is 11.6 Å². The fourth-order valence-electron chi connectivity index (χ4n) is 1.10. The number of hydrogen-bond donors (Lipinski definition) is 0. The minimum absolute atomic E-state index is 0.187. The molecule has 0 aromatic heterocycles. The highest BCUT2D eigenvalue weighted by molar-refractivity contribution is 6.30. The van der Waals surface area contributed by atoms with Crippen molar-refractivity contribution in [2.45, 2.75) is 0 Å². The smallest absolute Gasteiger partial charge is 0.233 e. The van der Waals surface area contributed by atoms with Crippen LogP contribution in [0.25, 0.3) is 11.1 Å². The van der Waals surface area contributed by atoms with Gasteiger partial charge in [-0.2, -0.15) is 0 Å². The van der Waals surface area contributed by atoms with E-state index in [1.807, 2.05) is 0 Å². The highest BCUT2D eigenvalue weighted by atomic mass is 35.5. The molecule has 2 nitrogen and oxygen atoms in total. The normalized spacial score (nSPS) is 11.6. The maximum Gasteiger partial charge on any atom is 0.233 e. The van der Waals surface area contributed by atoms with Crippen molar-refractivity contribution in [1.82, 2.24) is 0 Å². The molecule has 2 rings (SSSR count). The maximum atomic E-state index is 11.1. The summed E-state index contributed by atoms with van der Waals surface area (Å²) in [4.78, 5) is 21.9. The van der Waals surface area contributed by atoms with Gasteiger partial charge in [-0.1, -0.05) is 23.7 Å². The molecule has 0 spiro atoms. The molecule has 2 aromatic rings. The van der Waals surface area contributed by atoms with Gasteiger partial charge in [0, 0.05) is 16.6 Å². The predicted octanol–water partition coefficient (Wildman–Crippen LogP) is 1.60. The van der Waals surface area contributed by atoms with Gasteiger partial charge in [0.1, 0.15) is 0 Å². The van der Waals surface area contributed by atoms with Crippen LogP contribution in [0.15, 0.2) is 39.9 Å². The van der Waals surface area contributed by atoms with Crippen molar-refractivity contribution in [1.29, 1.82) is 0 Å². The third-order valence-corrected chi connectivity index (χ3v) is 2.06. The van der Waals surface area contributed by atoms with Crippen LogP contribution in [0.1, 0.15) is 1.37 Å². The van der Waals surface area contributed by atoms with E-state index < -0.39 is 10.9 Å². The third kappa shape index (κ3) is 1.29. The highest BCUT2D eigenvalue weighted by Gasteiger charge is 2.10. The van der Waals surface area contributed by atoms with E-state index in [0.29, 0.717) is 10.6 Å². The molecule has 0 fully saturated rings. The van der Waals surface area contributed by atoms with Crippen LogP contribution in [0.5, 0.6) is 0 Å². The van der Waals surface area contributed by atoms with E-state index in [0.717, 1.165) is 0 Å². The van der Waals surface area contributed by atoms with Crippen LogP contribution in [0.3, 0.4) is 0 Å². The van der Waals surface area contributed by atoms with Crippen LogP contribution in [0.2, 0.25) is 5.02 Å². The van der Waals surface area contributed by atoms with E-state index in [-0.39, 0.29) is 11.6 Å². The van der Waals surface area contributed by atoms with Gasteiger partial charge in [0.15, 0.2) is 0 Å². The molecular formula is C10H5ClO2. The molecule has 0 heterocycles. The van der Waals surface area contributed by atoms with E-state index in [1.54, 1.807) is 24.3 Å². The van der Waals surface area contributed by atoms with Gasteiger partial charge >= 0.3 is 0 Å². The first-order valence-electron chi connectivity index (χ1n) is 4.17. The SMILES string of the molecule is [2H]c1c(-c2ccc(Cl)cc2)c(=O)c1=O. The Bertz CT molecular complexity index is 550. The van der Waals surface area contributed by atoms with Crippen molar-refractivity contribution in [3.63, 3.8) is 0 Å². The van der Waals surface area contributed by atoms with Crippen molar-refractivity contribution in [3.05, 3.63) is 55.8 Å². The molecule has 64 valence electrons. The number of benzene rings is 1. The van der Waals surface area contributed by atoms with Crippen molar-refractivity contribution < 1.29 is 1.37 Å². The molecule has 0 amide bonds. The summed E-state index contributed by atoms with van der Waals surface area (Å²) >= 11 is 5.66. The minimum Gasteiger partial charge on any atom is -0.286 e. The molecule has 0 bridgehead atoms. The van der Waals surface area contributed by atoms with Crippen molar-refractivity contribution in [2.24, 2.45) is 0 Å². The zero-order valence-electron chi connectivity index (χ0n) is 7.50. The lowest BCUT2D eigenvalue weighted by Crippen LogP contribution is -2.30. The van der Waals surface area contributed by atoms with E-state index in [2.05, 4.69) is 0 Å². The highest BCUT2D eigenvalue weighted by Crippen LogP contribution is 2.17. The molecule has 0 aliphatic carbocycles. The molecule has 0 radical (unpaired) electrons. The van der Waals surface area contributed by atoms with Crippen LogP contribution < -0.4 is 10.9 Å². The summed E-state index contributed by atoms with van der Waals surface area (Å²) in [7, 11) is 0. The quantitative estimate of drug-likeness (QED) is 0.645. The molecule has 3 heteroatoms. The summed E-state index contributed by atoms with van der Waals surface area (Å²) < 4.78 is 7.27. The Kier molecular flexibility index (Phi) is 1.53. The monoisotopic (exact) mass is 193 g/mol. The summed E-state index contributed by atoms with van der Waals surface area (Å²) in [6.45, 7) is 0. The van der Waals surface area contributed by atoms with Gasteiger partial charge in [0.2, 0.25) is 10.9 Å². The van der Waals surface area contributed by atoms with Crippen molar-refractivity contribution in [2.75, 3.05) is 0 Å². The molecule has 0 saturated heterocycles. The third-order valence-electron chi connectivity index (χ3n) is 1.80. The molecule has 13 heavy (non-hydrogen) atoms. The van der Waals surface area contributed by atoms with Gasteiger partial charge in [-0.05, 0) is 17.7 Å². The summed E-state index contributed by atoms with van der Waals surface area (Å²) in [6.07, 6.45) is 0. The zero-order chi connectivity index (χ0) is 10.3. The van der Waals surface area contributed by atoms with Gasteiger partial charge in [-0.3, -0.25) is 9.59 Å².